The van der Waals surface area contributed by atoms with Crippen LogP contribution < -0.4 is 15.4 Å². The summed E-state index contributed by atoms with van der Waals surface area (Å²) in [6.45, 7) is 0.293. The van der Waals surface area contributed by atoms with Gasteiger partial charge in [-0.1, -0.05) is 18.2 Å². The van der Waals surface area contributed by atoms with Crippen molar-refractivity contribution in [1.82, 2.24) is 10.3 Å². The Balaban J connectivity index is 1.82. The van der Waals surface area contributed by atoms with Gasteiger partial charge in [-0.05, 0) is 24.3 Å². The molecule has 6 heteroatoms. The Morgan fingerprint density at radius 3 is 2.59 bits per heavy atom. The summed E-state index contributed by atoms with van der Waals surface area (Å²) in [6, 6.07) is 12.5. The van der Waals surface area contributed by atoms with E-state index in [2.05, 4.69) is 15.6 Å². The zero-order chi connectivity index (χ0) is 15.8. The number of carbonyl (C=O) groups excluding carboxylic acids is 2. The summed E-state index contributed by atoms with van der Waals surface area (Å²) in [7, 11) is 1.52. The van der Waals surface area contributed by atoms with Crippen molar-refractivity contribution in [3.63, 3.8) is 0 Å². The van der Waals surface area contributed by atoms with Crippen molar-refractivity contribution < 1.29 is 14.3 Å². The standard InChI is InChI=1S/C16H17N3O3/c1-22-14-8-3-2-7-13(14)19-16(21)10-15(20)18-11-12-6-4-5-9-17-12/h2-9H,10-11H2,1H3,(H,18,20)(H,19,21). The molecule has 1 heterocycles. The average Bonchev–Trinajstić information content (AvgIpc) is 2.54. The maximum atomic E-state index is 11.9. The monoisotopic (exact) mass is 299 g/mol. The Kier molecular flexibility index (Phi) is 5.48. The van der Waals surface area contributed by atoms with Gasteiger partial charge in [-0.15, -0.1) is 0 Å². The number of nitrogens with one attached hydrogen (secondary N) is 2. The van der Waals surface area contributed by atoms with E-state index in [-0.39, 0.29) is 12.3 Å². The van der Waals surface area contributed by atoms with Crippen LogP contribution in [0, 0.1) is 0 Å². The normalized spacial score (nSPS) is 9.86. The van der Waals surface area contributed by atoms with Gasteiger partial charge in [0.05, 0.1) is 25.0 Å². The predicted octanol–water partition coefficient (Wildman–Crippen LogP) is 1.74. The highest BCUT2D eigenvalue weighted by Crippen LogP contribution is 2.22. The molecule has 0 aliphatic rings. The second-order valence-electron chi connectivity index (χ2n) is 4.52. The predicted molar refractivity (Wildman–Crippen MR) is 82.3 cm³/mol. The zero-order valence-corrected chi connectivity index (χ0v) is 12.2. The SMILES string of the molecule is COc1ccccc1NC(=O)CC(=O)NCc1ccccn1. The number of anilines is 1. The second-order valence-corrected chi connectivity index (χ2v) is 4.52. The molecule has 1 aromatic carbocycles. The molecule has 1 aromatic heterocycles. The van der Waals surface area contributed by atoms with E-state index >= 15 is 0 Å². The summed E-state index contributed by atoms with van der Waals surface area (Å²) < 4.78 is 5.13. The third-order valence-electron chi connectivity index (χ3n) is 2.90. The molecule has 0 spiro atoms. The minimum atomic E-state index is -0.400. The first-order valence-electron chi connectivity index (χ1n) is 6.78. The van der Waals surface area contributed by atoms with Crippen LogP contribution in [0.2, 0.25) is 0 Å². The number of hydrogen-bond donors (Lipinski definition) is 2. The Morgan fingerprint density at radius 1 is 1.09 bits per heavy atom. The van der Waals surface area contributed by atoms with E-state index in [9.17, 15) is 9.59 Å². The summed E-state index contributed by atoms with van der Waals surface area (Å²) in [5.41, 5.74) is 1.27. The number of pyridine rings is 1. The van der Waals surface area contributed by atoms with Gasteiger partial charge in [-0.25, -0.2) is 0 Å². The van der Waals surface area contributed by atoms with Crippen molar-refractivity contribution in [3.05, 3.63) is 54.4 Å². The fraction of sp³-hybridized carbons (Fsp3) is 0.188. The minimum Gasteiger partial charge on any atom is -0.495 e. The molecule has 0 atom stereocenters. The lowest BCUT2D eigenvalue weighted by molar-refractivity contribution is -0.126. The molecule has 0 unspecified atom stereocenters. The number of rotatable bonds is 6. The van der Waals surface area contributed by atoms with Gasteiger partial charge in [0.15, 0.2) is 0 Å². The molecule has 114 valence electrons. The highest BCUT2D eigenvalue weighted by molar-refractivity contribution is 6.04. The lowest BCUT2D eigenvalue weighted by Crippen LogP contribution is -2.28. The molecular weight excluding hydrogens is 282 g/mol. The number of hydrogen-bond acceptors (Lipinski definition) is 4. The maximum absolute atomic E-state index is 11.9. The summed E-state index contributed by atoms with van der Waals surface area (Å²) in [5.74, 6) is -0.217. The maximum Gasteiger partial charge on any atom is 0.233 e. The van der Waals surface area contributed by atoms with Crippen LogP contribution in [-0.2, 0) is 16.1 Å². The lowest BCUT2D eigenvalue weighted by Gasteiger charge is -2.09. The number of carbonyl (C=O) groups is 2. The quantitative estimate of drug-likeness (QED) is 0.796. The summed E-state index contributed by atoms with van der Waals surface area (Å²) in [4.78, 5) is 27.7. The van der Waals surface area contributed by atoms with E-state index in [1.165, 1.54) is 7.11 Å². The first-order chi connectivity index (χ1) is 10.7. The Bertz CT molecular complexity index is 644. The van der Waals surface area contributed by atoms with Crippen LogP contribution in [0.4, 0.5) is 5.69 Å². The minimum absolute atomic E-state index is 0.259. The average molecular weight is 299 g/mol. The second kappa shape index (κ2) is 7.78. The fourth-order valence-electron chi connectivity index (χ4n) is 1.84. The summed E-state index contributed by atoms with van der Waals surface area (Å²) in [6.07, 6.45) is 1.39. The van der Waals surface area contributed by atoms with Crippen LogP contribution >= 0.6 is 0 Å². The molecule has 0 radical (unpaired) electrons. The number of aromatic nitrogens is 1. The number of amides is 2. The van der Waals surface area contributed by atoms with Gasteiger partial charge in [0.1, 0.15) is 12.2 Å². The van der Waals surface area contributed by atoms with Gasteiger partial charge in [-0.3, -0.25) is 14.6 Å². The van der Waals surface area contributed by atoms with Crippen molar-refractivity contribution in [3.8, 4) is 5.75 Å². The van der Waals surface area contributed by atoms with Crippen LogP contribution in [0.15, 0.2) is 48.7 Å². The van der Waals surface area contributed by atoms with E-state index in [1.807, 2.05) is 6.07 Å². The van der Waals surface area contributed by atoms with Gasteiger partial charge in [0.2, 0.25) is 11.8 Å². The van der Waals surface area contributed by atoms with Crippen molar-refractivity contribution in [2.24, 2.45) is 0 Å². The van der Waals surface area contributed by atoms with Gasteiger partial charge in [0, 0.05) is 6.20 Å². The molecule has 6 nitrogen and oxygen atoms in total. The largest absolute Gasteiger partial charge is 0.495 e. The Hall–Kier alpha value is -2.89. The lowest BCUT2D eigenvalue weighted by atomic mass is 10.2. The summed E-state index contributed by atoms with van der Waals surface area (Å²) in [5, 5.41) is 5.30. The third-order valence-corrected chi connectivity index (χ3v) is 2.90. The Morgan fingerprint density at radius 2 is 1.86 bits per heavy atom. The van der Waals surface area contributed by atoms with E-state index < -0.39 is 5.91 Å². The van der Waals surface area contributed by atoms with Gasteiger partial charge >= 0.3 is 0 Å². The smallest absolute Gasteiger partial charge is 0.233 e. The van der Waals surface area contributed by atoms with Gasteiger partial charge < -0.3 is 15.4 Å². The number of ether oxygens (including phenoxy) is 1. The molecule has 2 amide bonds. The van der Waals surface area contributed by atoms with E-state index in [1.54, 1.807) is 42.6 Å². The van der Waals surface area contributed by atoms with Crippen molar-refractivity contribution >= 4 is 17.5 Å². The van der Waals surface area contributed by atoms with Crippen LogP contribution in [-0.4, -0.2) is 23.9 Å². The molecule has 22 heavy (non-hydrogen) atoms. The van der Waals surface area contributed by atoms with E-state index in [4.69, 9.17) is 4.74 Å². The molecule has 0 aliphatic carbocycles. The molecule has 0 bridgehead atoms. The van der Waals surface area contributed by atoms with E-state index in [0.29, 0.717) is 18.0 Å². The highest BCUT2D eigenvalue weighted by atomic mass is 16.5. The van der Waals surface area contributed by atoms with Crippen LogP contribution in [0.5, 0.6) is 5.75 Å². The molecule has 0 fully saturated rings. The zero-order valence-electron chi connectivity index (χ0n) is 12.2. The summed E-state index contributed by atoms with van der Waals surface area (Å²) >= 11 is 0. The van der Waals surface area contributed by atoms with Crippen LogP contribution in [0.1, 0.15) is 12.1 Å². The molecule has 2 aromatic rings. The number of benzene rings is 1. The first kappa shape index (κ1) is 15.5. The van der Waals surface area contributed by atoms with Crippen molar-refractivity contribution in [2.45, 2.75) is 13.0 Å². The molecule has 2 rings (SSSR count). The molecule has 0 aliphatic heterocycles. The van der Waals surface area contributed by atoms with Crippen molar-refractivity contribution in [1.29, 1.82) is 0 Å². The molecule has 2 N–H and O–H groups in total. The number of methoxy groups -OCH3 is 1. The third kappa shape index (κ3) is 4.59. The molecule has 0 saturated heterocycles. The van der Waals surface area contributed by atoms with Crippen LogP contribution in [0.3, 0.4) is 0 Å². The molecule has 0 saturated carbocycles. The number of para-hydroxylation sites is 2. The molecular formula is C16H17N3O3. The number of nitrogens with zero attached hydrogens (tertiary/aromatic N) is 1. The fourth-order valence-corrected chi connectivity index (χ4v) is 1.84. The van der Waals surface area contributed by atoms with Crippen molar-refractivity contribution in [2.75, 3.05) is 12.4 Å². The first-order valence-corrected chi connectivity index (χ1v) is 6.78. The van der Waals surface area contributed by atoms with Gasteiger partial charge in [0.25, 0.3) is 0 Å². The van der Waals surface area contributed by atoms with Gasteiger partial charge in [-0.2, -0.15) is 0 Å². The van der Waals surface area contributed by atoms with Crippen LogP contribution in [0.25, 0.3) is 0 Å². The topological polar surface area (TPSA) is 80.3 Å². The Labute approximate surface area is 128 Å². The highest BCUT2D eigenvalue weighted by Gasteiger charge is 2.11. The van der Waals surface area contributed by atoms with E-state index in [0.717, 1.165) is 5.69 Å².